The fourth-order valence-corrected chi connectivity index (χ4v) is 2.87. The normalized spacial score (nSPS) is 10.7. The average Bonchev–Trinajstić information content (AvgIpc) is 3.13. The third kappa shape index (κ3) is 3.05. The Hall–Kier alpha value is -4.13. The highest BCUT2D eigenvalue weighted by Gasteiger charge is 2.19. The van der Waals surface area contributed by atoms with E-state index in [-0.39, 0.29) is 11.5 Å². The third-order valence-corrected chi connectivity index (χ3v) is 4.29. The van der Waals surface area contributed by atoms with Crippen molar-refractivity contribution in [2.75, 3.05) is 0 Å². The Kier molecular flexibility index (Phi) is 4.25. The quantitative estimate of drug-likeness (QED) is 0.509. The van der Waals surface area contributed by atoms with Crippen molar-refractivity contribution in [1.82, 2.24) is 14.8 Å². The molecular weight excluding hydrogens is 356 g/mol. The van der Waals surface area contributed by atoms with Gasteiger partial charge in [0.2, 0.25) is 5.91 Å². The zero-order valence-corrected chi connectivity index (χ0v) is 14.6. The second-order valence-corrected chi connectivity index (χ2v) is 6.12. The molecule has 0 fully saturated rings. The molecule has 1 aromatic heterocycles. The molecule has 1 amide bonds. The van der Waals surface area contributed by atoms with Crippen LogP contribution in [0.25, 0.3) is 28.5 Å². The standard InChI is InChI=1S/C21H16N4O3/c22-19(28)13-9-11-14(12-10-13)25-21(16-6-2-4-8-18(16)27)23-20(24-25)15-5-1-3-7-17(15)26/h1-12,26-27H,(H2,22,28). The molecule has 4 aromatic rings. The molecule has 4 N–H and O–H groups in total. The Bertz CT molecular complexity index is 1170. The third-order valence-electron chi connectivity index (χ3n) is 4.29. The van der Waals surface area contributed by atoms with Gasteiger partial charge in [0.05, 0.1) is 16.8 Å². The molecule has 28 heavy (non-hydrogen) atoms. The number of carbonyl (C=O) groups excluding carboxylic acids is 1. The molecule has 138 valence electrons. The zero-order chi connectivity index (χ0) is 19.7. The van der Waals surface area contributed by atoms with Crippen LogP contribution >= 0.6 is 0 Å². The highest BCUT2D eigenvalue weighted by molar-refractivity contribution is 5.92. The maximum absolute atomic E-state index is 11.3. The van der Waals surface area contributed by atoms with Crippen LogP contribution < -0.4 is 5.73 Å². The van der Waals surface area contributed by atoms with Gasteiger partial charge in [0, 0.05) is 5.56 Å². The molecule has 7 nitrogen and oxygen atoms in total. The van der Waals surface area contributed by atoms with E-state index >= 15 is 0 Å². The van der Waals surface area contributed by atoms with Gasteiger partial charge in [-0.05, 0) is 48.5 Å². The summed E-state index contributed by atoms with van der Waals surface area (Å²) < 4.78 is 1.54. The van der Waals surface area contributed by atoms with E-state index in [9.17, 15) is 15.0 Å². The first-order valence-electron chi connectivity index (χ1n) is 8.48. The molecular formula is C21H16N4O3. The molecule has 1 heterocycles. The number of carbonyl (C=O) groups is 1. The number of phenols is 2. The van der Waals surface area contributed by atoms with E-state index < -0.39 is 5.91 Å². The fraction of sp³-hybridized carbons (Fsp3) is 0. The van der Waals surface area contributed by atoms with Crippen LogP contribution in [0.15, 0.2) is 72.8 Å². The molecule has 0 saturated heterocycles. The number of hydrogen-bond donors (Lipinski definition) is 3. The number of rotatable bonds is 4. The lowest BCUT2D eigenvalue weighted by atomic mass is 10.1. The minimum atomic E-state index is -0.527. The summed E-state index contributed by atoms with van der Waals surface area (Å²) in [6.07, 6.45) is 0. The van der Waals surface area contributed by atoms with Gasteiger partial charge >= 0.3 is 0 Å². The van der Waals surface area contributed by atoms with Gasteiger partial charge in [-0.15, -0.1) is 5.10 Å². The first-order chi connectivity index (χ1) is 13.5. The number of aromatic hydroxyl groups is 2. The second kappa shape index (κ2) is 6.88. The lowest BCUT2D eigenvalue weighted by molar-refractivity contribution is 0.100. The highest BCUT2D eigenvalue weighted by atomic mass is 16.3. The van der Waals surface area contributed by atoms with E-state index in [2.05, 4.69) is 10.1 Å². The van der Waals surface area contributed by atoms with Crippen LogP contribution in [0.3, 0.4) is 0 Å². The molecule has 0 aliphatic heterocycles. The van der Waals surface area contributed by atoms with Crippen LogP contribution in [0.4, 0.5) is 0 Å². The molecule has 0 aliphatic rings. The predicted molar refractivity (Wildman–Crippen MR) is 104 cm³/mol. The fourth-order valence-electron chi connectivity index (χ4n) is 2.87. The smallest absolute Gasteiger partial charge is 0.248 e. The van der Waals surface area contributed by atoms with E-state index in [0.717, 1.165) is 0 Å². The molecule has 0 radical (unpaired) electrons. The lowest BCUT2D eigenvalue weighted by Crippen LogP contribution is -2.11. The SMILES string of the molecule is NC(=O)c1ccc(-n2nc(-c3ccccc3O)nc2-c2ccccc2O)cc1. The van der Waals surface area contributed by atoms with E-state index in [4.69, 9.17) is 5.73 Å². The summed E-state index contributed by atoms with van der Waals surface area (Å²) in [4.78, 5) is 15.9. The Morgan fingerprint density at radius 3 is 1.96 bits per heavy atom. The predicted octanol–water partition coefficient (Wildman–Crippen LogP) is 3.11. The van der Waals surface area contributed by atoms with Gasteiger partial charge in [-0.1, -0.05) is 24.3 Å². The van der Waals surface area contributed by atoms with Gasteiger partial charge < -0.3 is 15.9 Å². The average molecular weight is 372 g/mol. The van der Waals surface area contributed by atoms with Gasteiger partial charge in [-0.25, -0.2) is 9.67 Å². The summed E-state index contributed by atoms with van der Waals surface area (Å²) in [7, 11) is 0. The van der Waals surface area contributed by atoms with Crippen molar-refractivity contribution >= 4 is 5.91 Å². The van der Waals surface area contributed by atoms with E-state index in [1.165, 1.54) is 0 Å². The van der Waals surface area contributed by atoms with Crippen molar-refractivity contribution in [1.29, 1.82) is 0 Å². The van der Waals surface area contributed by atoms with Gasteiger partial charge in [0.15, 0.2) is 11.6 Å². The first kappa shape index (κ1) is 17.3. The van der Waals surface area contributed by atoms with Crippen LogP contribution in [-0.2, 0) is 0 Å². The number of amides is 1. The summed E-state index contributed by atoms with van der Waals surface area (Å²) in [6, 6.07) is 20.1. The Morgan fingerprint density at radius 1 is 0.821 bits per heavy atom. The number of hydrogen-bond acceptors (Lipinski definition) is 5. The van der Waals surface area contributed by atoms with Crippen molar-refractivity contribution in [2.24, 2.45) is 5.73 Å². The van der Waals surface area contributed by atoms with Crippen LogP contribution in [0.5, 0.6) is 11.5 Å². The molecule has 0 atom stereocenters. The van der Waals surface area contributed by atoms with E-state index in [1.54, 1.807) is 77.5 Å². The van der Waals surface area contributed by atoms with Crippen LogP contribution in [0.2, 0.25) is 0 Å². The number of primary amides is 1. The van der Waals surface area contributed by atoms with E-state index in [1.807, 2.05) is 0 Å². The van der Waals surface area contributed by atoms with Crippen molar-refractivity contribution < 1.29 is 15.0 Å². The molecule has 0 aliphatic carbocycles. The summed E-state index contributed by atoms with van der Waals surface area (Å²) in [5.41, 5.74) is 7.24. The number of nitrogens with two attached hydrogens (primary N) is 1. The first-order valence-corrected chi connectivity index (χ1v) is 8.48. The van der Waals surface area contributed by atoms with Gasteiger partial charge in [-0.2, -0.15) is 0 Å². The van der Waals surface area contributed by atoms with Crippen molar-refractivity contribution in [3.05, 3.63) is 78.4 Å². The van der Waals surface area contributed by atoms with Gasteiger partial charge in [-0.3, -0.25) is 4.79 Å². The number of phenolic OH excluding ortho intramolecular Hbond substituents is 2. The van der Waals surface area contributed by atoms with Crippen molar-refractivity contribution in [3.8, 4) is 40.0 Å². The molecule has 0 unspecified atom stereocenters. The van der Waals surface area contributed by atoms with Crippen LogP contribution in [0, 0.1) is 0 Å². The summed E-state index contributed by atoms with van der Waals surface area (Å²) in [5, 5.41) is 25.0. The molecule has 7 heteroatoms. The van der Waals surface area contributed by atoms with E-state index in [0.29, 0.717) is 34.0 Å². The Labute approximate surface area is 160 Å². The van der Waals surface area contributed by atoms with Gasteiger partial charge in [0.1, 0.15) is 11.5 Å². The van der Waals surface area contributed by atoms with Crippen LogP contribution in [-0.4, -0.2) is 30.9 Å². The topological polar surface area (TPSA) is 114 Å². The number of para-hydroxylation sites is 2. The maximum atomic E-state index is 11.3. The molecule has 3 aromatic carbocycles. The maximum Gasteiger partial charge on any atom is 0.248 e. The summed E-state index contributed by atoms with van der Waals surface area (Å²) in [6.45, 7) is 0. The number of benzene rings is 3. The molecule has 0 saturated carbocycles. The molecule has 0 bridgehead atoms. The lowest BCUT2D eigenvalue weighted by Gasteiger charge is -2.07. The summed E-state index contributed by atoms with van der Waals surface area (Å²) >= 11 is 0. The molecule has 4 rings (SSSR count). The van der Waals surface area contributed by atoms with Crippen LogP contribution in [0.1, 0.15) is 10.4 Å². The van der Waals surface area contributed by atoms with Crippen molar-refractivity contribution in [3.63, 3.8) is 0 Å². The Balaban J connectivity index is 1.92. The number of nitrogens with zero attached hydrogens (tertiary/aromatic N) is 3. The molecule has 0 spiro atoms. The monoisotopic (exact) mass is 372 g/mol. The highest BCUT2D eigenvalue weighted by Crippen LogP contribution is 2.33. The second-order valence-electron chi connectivity index (χ2n) is 6.12. The summed E-state index contributed by atoms with van der Waals surface area (Å²) in [5.74, 6) is 0.265. The Morgan fingerprint density at radius 2 is 1.39 bits per heavy atom. The largest absolute Gasteiger partial charge is 0.507 e. The minimum Gasteiger partial charge on any atom is -0.507 e. The number of aromatic nitrogens is 3. The van der Waals surface area contributed by atoms with Gasteiger partial charge in [0.25, 0.3) is 0 Å². The minimum absolute atomic E-state index is 0.0487. The van der Waals surface area contributed by atoms with Crippen molar-refractivity contribution in [2.45, 2.75) is 0 Å². The zero-order valence-electron chi connectivity index (χ0n) is 14.6.